The number of carbonyl (C=O) groups excluding carboxylic acids is 1. The summed E-state index contributed by atoms with van der Waals surface area (Å²) >= 11 is 1.90. The molecule has 0 radical (unpaired) electrons. The molecule has 0 aliphatic carbocycles. The van der Waals surface area contributed by atoms with Gasteiger partial charge in [-0.05, 0) is 71.0 Å². The molecule has 1 atom stereocenters. The lowest BCUT2D eigenvalue weighted by Gasteiger charge is -2.18. The number of hydrogen-bond acceptors (Lipinski definition) is 4. The minimum Gasteiger partial charge on any atom is -0.381 e. The Balaban J connectivity index is 2.13. The summed E-state index contributed by atoms with van der Waals surface area (Å²) in [4.78, 5) is 16.5. The van der Waals surface area contributed by atoms with Gasteiger partial charge in [-0.1, -0.05) is 6.08 Å². The number of benzene rings is 2. The lowest BCUT2D eigenvalue weighted by Crippen LogP contribution is -2.31. The van der Waals surface area contributed by atoms with Crippen LogP contribution in [-0.2, 0) is 6.42 Å². The highest BCUT2D eigenvalue weighted by atomic mass is 127. The molecule has 0 spiro atoms. The van der Waals surface area contributed by atoms with Crippen molar-refractivity contribution in [2.75, 3.05) is 11.1 Å². The lowest BCUT2D eigenvalue weighted by atomic mass is 9.99. The number of nitrogen functional groups attached to an aromatic ring is 1. The maximum atomic E-state index is 15.2. The molecular weight excluding hydrogens is 551 g/mol. The first-order valence-corrected chi connectivity index (χ1v) is 10.8. The van der Waals surface area contributed by atoms with E-state index in [0.717, 1.165) is 6.07 Å². The largest absolute Gasteiger partial charge is 0.381 e. The van der Waals surface area contributed by atoms with Gasteiger partial charge in [-0.3, -0.25) is 4.79 Å². The highest BCUT2D eigenvalue weighted by Crippen LogP contribution is 2.32. The molecule has 0 saturated heterocycles. The van der Waals surface area contributed by atoms with Gasteiger partial charge in [0.15, 0.2) is 23.3 Å². The van der Waals surface area contributed by atoms with E-state index in [1.165, 1.54) is 30.5 Å². The van der Waals surface area contributed by atoms with Crippen molar-refractivity contribution < 1.29 is 22.4 Å². The molecule has 2 aromatic carbocycles. The Morgan fingerprint density at radius 2 is 1.88 bits per heavy atom. The maximum absolute atomic E-state index is 15.2. The van der Waals surface area contributed by atoms with E-state index in [2.05, 4.69) is 22.2 Å². The lowest BCUT2D eigenvalue weighted by molar-refractivity contribution is 0.0947. The zero-order valence-corrected chi connectivity index (χ0v) is 19.5. The van der Waals surface area contributed by atoms with Gasteiger partial charge in [0, 0.05) is 22.2 Å². The summed E-state index contributed by atoms with van der Waals surface area (Å²) in [5.74, 6) is -5.46. The molecule has 3 aromatic rings. The first kappa shape index (κ1) is 24.5. The third-order valence-corrected chi connectivity index (χ3v) is 5.48. The summed E-state index contributed by atoms with van der Waals surface area (Å²) in [6, 6.07) is 5.97. The van der Waals surface area contributed by atoms with Crippen LogP contribution in [-0.4, -0.2) is 16.9 Å². The molecule has 0 fully saturated rings. The molecule has 1 aromatic heterocycles. The minimum atomic E-state index is -1.41. The van der Waals surface area contributed by atoms with Gasteiger partial charge in [-0.15, -0.1) is 6.58 Å². The van der Waals surface area contributed by atoms with Crippen molar-refractivity contribution in [1.29, 1.82) is 0 Å². The highest BCUT2D eigenvalue weighted by molar-refractivity contribution is 14.1. The smallest absolute Gasteiger partial charge is 0.253 e. The Bertz CT molecular complexity index is 1240. The molecule has 172 valence electrons. The number of hydrogen-bond donors (Lipinski definition) is 3. The fraction of sp³-hybridized carbons (Fsp3) is 0.130. The van der Waals surface area contributed by atoms with E-state index in [4.69, 9.17) is 5.73 Å². The van der Waals surface area contributed by atoms with E-state index < -0.39 is 53.1 Å². The molecule has 33 heavy (non-hydrogen) atoms. The van der Waals surface area contributed by atoms with Crippen LogP contribution in [0.2, 0.25) is 0 Å². The number of aromatic nitrogens is 1. The van der Waals surface area contributed by atoms with Gasteiger partial charge in [-0.2, -0.15) is 0 Å². The first-order chi connectivity index (χ1) is 15.6. The van der Waals surface area contributed by atoms with Crippen LogP contribution in [0.15, 0.2) is 49.2 Å². The highest BCUT2D eigenvalue weighted by Gasteiger charge is 2.25. The number of rotatable bonds is 7. The second kappa shape index (κ2) is 10.2. The molecule has 10 heteroatoms. The Morgan fingerprint density at radius 1 is 1.15 bits per heavy atom. The number of nitrogens with one attached hydrogen (secondary N) is 2. The van der Waals surface area contributed by atoms with Crippen LogP contribution in [0.25, 0.3) is 0 Å². The molecule has 5 nitrogen and oxygen atoms in total. The molecule has 0 aliphatic heterocycles. The standard InChI is InChI=1S/C23H19F4IN4O/c1-3-11(2)31-23(33)15-9-13(8-12-6-7-30-22(29)19(12)26)18(25)20(27)21(15)32-17-5-4-14(28)10-16(17)24/h3-7,9-11,32H,1,8H2,2H3,(H2,29,30)(H,31,33)/t11-/m1/s1. The second-order valence-corrected chi connectivity index (χ2v) is 8.42. The van der Waals surface area contributed by atoms with Gasteiger partial charge < -0.3 is 16.4 Å². The zero-order valence-electron chi connectivity index (χ0n) is 17.4. The van der Waals surface area contributed by atoms with E-state index in [9.17, 15) is 18.0 Å². The van der Waals surface area contributed by atoms with Gasteiger partial charge >= 0.3 is 0 Å². The third kappa shape index (κ3) is 5.44. The minimum absolute atomic E-state index is 0.0315. The monoisotopic (exact) mass is 570 g/mol. The van der Waals surface area contributed by atoms with Gasteiger partial charge in [0.05, 0.1) is 16.9 Å². The van der Waals surface area contributed by atoms with Crippen LogP contribution in [0, 0.1) is 26.8 Å². The Labute approximate surface area is 201 Å². The molecular formula is C23H19F4IN4O. The van der Waals surface area contributed by atoms with Crippen LogP contribution in [0.1, 0.15) is 28.4 Å². The number of halogens is 5. The molecule has 1 heterocycles. The summed E-state index contributed by atoms with van der Waals surface area (Å²) in [6.07, 6.45) is 2.29. The predicted molar refractivity (Wildman–Crippen MR) is 127 cm³/mol. The van der Waals surface area contributed by atoms with E-state index in [1.807, 2.05) is 22.6 Å². The molecule has 3 rings (SSSR count). The molecule has 0 saturated carbocycles. The second-order valence-electron chi connectivity index (χ2n) is 7.18. The Kier molecular flexibility index (Phi) is 7.57. The molecule has 0 bridgehead atoms. The van der Waals surface area contributed by atoms with Gasteiger partial charge in [0.25, 0.3) is 5.91 Å². The number of anilines is 3. The quantitative estimate of drug-likeness (QED) is 0.200. The number of nitrogens with two attached hydrogens (primary N) is 1. The zero-order chi connectivity index (χ0) is 24.3. The van der Waals surface area contributed by atoms with Crippen LogP contribution in [0.4, 0.5) is 34.8 Å². The molecule has 1 amide bonds. The maximum Gasteiger partial charge on any atom is 0.253 e. The van der Waals surface area contributed by atoms with Crippen molar-refractivity contribution in [2.45, 2.75) is 19.4 Å². The van der Waals surface area contributed by atoms with Crippen molar-refractivity contribution in [3.05, 3.63) is 92.7 Å². The molecule has 0 unspecified atom stereocenters. The van der Waals surface area contributed by atoms with Gasteiger partial charge in [-0.25, -0.2) is 22.5 Å². The van der Waals surface area contributed by atoms with Crippen LogP contribution >= 0.6 is 22.6 Å². The van der Waals surface area contributed by atoms with Crippen LogP contribution in [0.5, 0.6) is 0 Å². The van der Waals surface area contributed by atoms with Crippen molar-refractivity contribution in [3.8, 4) is 0 Å². The average Bonchev–Trinajstić information content (AvgIpc) is 2.77. The normalized spacial score (nSPS) is 11.7. The van der Waals surface area contributed by atoms with Gasteiger partial charge in [0.1, 0.15) is 5.82 Å². The van der Waals surface area contributed by atoms with Crippen molar-refractivity contribution in [1.82, 2.24) is 10.3 Å². The predicted octanol–water partition coefficient (Wildman–Crippen LogP) is 5.46. The topological polar surface area (TPSA) is 80.0 Å². The van der Waals surface area contributed by atoms with Crippen molar-refractivity contribution >= 4 is 45.7 Å². The fourth-order valence-electron chi connectivity index (χ4n) is 3.02. The number of carbonyl (C=O) groups is 1. The Hall–Kier alpha value is -3.15. The number of pyridine rings is 1. The average molecular weight is 570 g/mol. The van der Waals surface area contributed by atoms with Crippen LogP contribution in [0.3, 0.4) is 0 Å². The van der Waals surface area contributed by atoms with E-state index in [-0.39, 0.29) is 22.4 Å². The fourth-order valence-corrected chi connectivity index (χ4v) is 3.47. The summed E-state index contributed by atoms with van der Waals surface area (Å²) in [5, 5.41) is 5.05. The third-order valence-electron chi connectivity index (χ3n) is 4.81. The van der Waals surface area contributed by atoms with E-state index in [1.54, 1.807) is 13.0 Å². The summed E-state index contributed by atoms with van der Waals surface area (Å²) in [7, 11) is 0. The van der Waals surface area contributed by atoms with Crippen molar-refractivity contribution in [2.24, 2.45) is 0 Å². The van der Waals surface area contributed by atoms with E-state index in [0.29, 0.717) is 3.57 Å². The Morgan fingerprint density at radius 3 is 2.55 bits per heavy atom. The molecule has 4 N–H and O–H groups in total. The summed E-state index contributed by atoms with van der Waals surface area (Å²) < 4.78 is 59.4. The van der Waals surface area contributed by atoms with Crippen molar-refractivity contribution in [3.63, 3.8) is 0 Å². The van der Waals surface area contributed by atoms with E-state index >= 15 is 4.39 Å². The van der Waals surface area contributed by atoms with Gasteiger partial charge in [0.2, 0.25) is 0 Å². The molecule has 0 aliphatic rings. The summed E-state index contributed by atoms with van der Waals surface area (Å²) in [6.45, 7) is 5.20. The first-order valence-electron chi connectivity index (χ1n) is 9.67. The SMILES string of the molecule is C=C[C@@H](C)NC(=O)c1cc(Cc2ccnc(N)c2F)c(F)c(F)c1Nc1ccc(I)cc1F. The number of amides is 1. The summed E-state index contributed by atoms with van der Waals surface area (Å²) in [5.41, 5.74) is 4.13. The number of nitrogens with zero attached hydrogens (tertiary/aromatic N) is 1. The van der Waals surface area contributed by atoms with Crippen LogP contribution < -0.4 is 16.4 Å².